The highest BCUT2D eigenvalue weighted by Gasteiger charge is 2.18. The molecular formula is C18H20N4OS. The van der Waals surface area contributed by atoms with Crippen LogP contribution in [0.25, 0.3) is 0 Å². The number of aryl methyl sites for hydroxylation is 1. The number of benzene rings is 1. The smallest absolute Gasteiger partial charge is 0.271 e. The standard InChI is InChI=1S/C18H20N4OS/c1-2-6-17-20-16(12-24-17)18(23)21-15(11-22-10-9-19-13-22)14-7-4-3-5-8-14/h3-5,7-10,12-13,15H,2,6,11H2,1H3,(H,21,23)/t15-/m1/s1. The lowest BCUT2D eigenvalue weighted by molar-refractivity contribution is 0.0928. The largest absolute Gasteiger partial charge is 0.342 e. The molecule has 0 radical (unpaired) electrons. The van der Waals surface area contributed by atoms with Gasteiger partial charge >= 0.3 is 0 Å². The first kappa shape index (κ1) is 16.4. The molecule has 1 N–H and O–H groups in total. The molecule has 1 amide bonds. The number of carbonyl (C=O) groups is 1. The third-order valence-electron chi connectivity index (χ3n) is 3.71. The van der Waals surface area contributed by atoms with E-state index < -0.39 is 0 Å². The average molecular weight is 340 g/mol. The van der Waals surface area contributed by atoms with Crippen LogP contribution >= 0.6 is 11.3 Å². The Morgan fingerprint density at radius 3 is 2.88 bits per heavy atom. The molecule has 0 saturated heterocycles. The maximum Gasteiger partial charge on any atom is 0.271 e. The maximum atomic E-state index is 12.6. The predicted octanol–water partition coefficient (Wildman–Crippen LogP) is 3.46. The zero-order valence-corrected chi connectivity index (χ0v) is 14.4. The van der Waals surface area contributed by atoms with Gasteiger partial charge in [-0.1, -0.05) is 37.3 Å². The average Bonchev–Trinajstić information content (AvgIpc) is 3.27. The number of nitrogens with one attached hydrogen (secondary N) is 1. The van der Waals surface area contributed by atoms with Gasteiger partial charge in [0.2, 0.25) is 0 Å². The third kappa shape index (κ3) is 4.08. The van der Waals surface area contributed by atoms with Crippen LogP contribution in [0.1, 0.15) is 40.4 Å². The van der Waals surface area contributed by atoms with E-state index >= 15 is 0 Å². The summed E-state index contributed by atoms with van der Waals surface area (Å²) < 4.78 is 1.96. The molecule has 0 aliphatic carbocycles. The third-order valence-corrected chi connectivity index (χ3v) is 4.62. The van der Waals surface area contributed by atoms with Crippen molar-refractivity contribution in [1.82, 2.24) is 19.9 Å². The van der Waals surface area contributed by atoms with Gasteiger partial charge < -0.3 is 9.88 Å². The van der Waals surface area contributed by atoms with Crippen LogP contribution in [0.15, 0.2) is 54.4 Å². The van der Waals surface area contributed by atoms with Crippen LogP contribution in [0.5, 0.6) is 0 Å². The predicted molar refractivity (Wildman–Crippen MR) is 95.0 cm³/mol. The van der Waals surface area contributed by atoms with Crippen molar-refractivity contribution in [3.05, 3.63) is 70.7 Å². The Bertz CT molecular complexity index is 767. The lowest BCUT2D eigenvalue weighted by Gasteiger charge is -2.19. The van der Waals surface area contributed by atoms with E-state index in [1.54, 1.807) is 23.9 Å². The Balaban J connectivity index is 1.76. The first-order valence-electron chi connectivity index (χ1n) is 8.02. The summed E-state index contributed by atoms with van der Waals surface area (Å²) in [4.78, 5) is 21.1. The molecule has 24 heavy (non-hydrogen) atoms. The normalized spacial score (nSPS) is 12.0. The quantitative estimate of drug-likeness (QED) is 0.716. The van der Waals surface area contributed by atoms with E-state index in [0.717, 1.165) is 23.4 Å². The van der Waals surface area contributed by atoms with E-state index in [4.69, 9.17) is 0 Å². The van der Waals surface area contributed by atoms with E-state index in [1.807, 2.05) is 46.5 Å². The molecule has 3 aromatic rings. The van der Waals surface area contributed by atoms with Crippen molar-refractivity contribution >= 4 is 17.2 Å². The first-order chi connectivity index (χ1) is 11.8. The van der Waals surface area contributed by atoms with Crippen LogP contribution in [0, 0.1) is 0 Å². The highest BCUT2D eigenvalue weighted by molar-refractivity contribution is 7.09. The minimum Gasteiger partial charge on any atom is -0.342 e. The molecule has 3 rings (SSSR count). The van der Waals surface area contributed by atoms with Gasteiger partial charge in [-0.3, -0.25) is 4.79 Å². The monoisotopic (exact) mass is 340 g/mol. The number of thiazole rings is 1. The Labute approximate surface area is 145 Å². The van der Waals surface area contributed by atoms with Gasteiger partial charge in [0, 0.05) is 24.3 Å². The zero-order chi connectivity index (χ0) is 16.8. The summed E-state index contributed by atoms with van der Waals surface area (Å²) in [5.41, 5.74) is 1.55. The van der Waals surface area contributed by atoms with E-state index in [0.29, 0.717) is 12.2 Å². The summed E-state index contributed by atoms with van der Waals surface area (Å²) in [6, 6.07) is 9.83. The molecule has 1 atom stereocenters. The van der Waals surface area contributed by atoms with Crippen molar-refractivity contribution in [3.63, 3.8) is 0 Å². The SMILES string of the molecule is CCCc1nc(C(=O)N[C@H](Cn2ccnc2)c2ccccc2)cs1. The van der Waals surface area contributed by atoms with Crippen LogP contribution in [0.2, 0.25) is 0 Å². The topological polar surface area (TPSA) is 59.8 Å². The van der Waals surface area contributed by atoms with Gasteiger partial charge in [0.1, 0.15) is 5.69 Å². The Kier molecular flexibility index (Phi) is 5.38. The van der Waals surface area contributed by atoms with Crippen molar-refractivity contribution < 1.29 is 4.79 Å². The summed E-state index contributed by atoms with van der Waals surface area (Å²) in [6.45, 7) is 2.74. The number of carbonyl (C=O) groups excluding carboxylic acids is 1. The number of imidazole rings is 1. The van der Waals surface area contributed by atoms with Crippen LogP contribution < -0.4 is 5.32 Å². The number of nitrogens with zero attached hydrogens (tertiary/aromatic N) is 3. The van der Waals surface area contributed by atoms with Crippen LogP contribution in [-0.2, 0) is 13.0 Å². The van der Waals surface area contributed by atoms with Crippen molar-refractivity contribution in [2.75, 3.05) is 0 Å². The molecule has 0 fully saturated rings. The van der Waals surface area contributed by atoms with Crippen LogP contribution in [-0.4, -0.2) is 20.4 Å². The van der Waals surface area contributed by atoms with E-state index in [2.05, 4.69) is 22.2 Å². The van der Waals surface area contributed by atoms with E-state index in [1.165, 1.54) is 0 Å². The molecule has 2 heterocycles. The second-order valence-electron chi connectivity index (χ2n) is 5.57. The van der Waals surface area contributed by atoms with Crippen molar-refractivity contribution in [1.29, 1.82) is 0 Å². The Hall–Kier alpha value is -2.47. The molecule has 1 aromatic carbocycles. The molecular weight excluding hydrogens is 320 g/mol. The summed E-state index contributed by atoms with van der Waals surface area (Å²) >= 11 is 1.54. The number of hydrogen-bond donors (Lipinski definition) is 1. The first-order valence-corrected chi connectivity index (χ1v) is 8.90. The molecule has 0 aliphatic heterocycles. The fourth-order valence-electron chi connectivity index (χ4n) is 2.50. The van der Waals surface area contributed by atoms with Crippen molar-refractivity contribution in [2.24, 2.45) is 0 Å². The number of amides is 1. The highest BCUT2D eigenvalue weighted by Crippen LogP contribution is 2.17. The van der Waals surface area contributed by atoms with E-state index in [9.17, 15) is 4.79 Å². The summed E-state index contributed by atoms with van der Waals surface area (Å²) in [5, 5.41) is 5.94. The molecule has 0 bridgehead atoms. The lowest BCUT2D eigenvalue weighted by Crippen LogP contribution is -2.31. The second-order valence-corrected chi connectivity index (χ2v) is 6.52. The van der Waals surface area contributed by atoms with Crippen molar-refractivity contribution in [3.8, 4) is 0 Å². The molecule has 124 valence electrons. The van der Waals surface area contributed by atoms with Gasteiger partial charge in [-0.05, 0) is 18.4 Å². The number of rotatable bonds is 7. The zero-order valence-electron chi connectivity index (χ0n) is 13.6. The molecule has 5 nitrogen and oxygen atoms in total. The molecule has 6 heteroatoms. The number of aromatic nitrogens is 3. The Morgan fingerprint density at radius 1 is 1.33 bits per heavy atom. The highest BCUT2D eigenvalue weighted by atomic mass is 32.1. The lowest BCUT2D eigenvalue weighted by atomic mass is 10.1. The summed E-state index contributed by atoms with van der Waals surface area (Å²) in [5.74, 6) is -0.137. The van der Waals surface area contributed by atoms with Gasteiger partial charge in [0.25, 0.3) is 5.91 Å². The number of hydrogen-bond acceptors (Lipinski definition) is 4. The molecule has 0 spiro atoms. The molecule has 2 aromatic heterocycles. The molecule has 0 unspecified atom stereocenters. The maximum absolute atomic E-state index is 12.6. The summed E-state index contributed by atoms with van der Waals surface area (Å²) in [6.07, 6.45) is 7.33. The second kappa shape index (κ2) is 7.88. The minimum absolute atomic E-state index is 0.135. The van der Waals surface area contributed by atoms with E-state index in [-0.39, 0.29) is 11.9 Å². The van der Waals surface area contributed by atoms with Gasteiger partial charge in [-0.2, -0.15) is 0 Å². The van der Waals surface area contributed by atoms with Crippen molar-refractivity contribution in [2.45, 2.75) is 32.4 Å². The fourth-order valence-corrected chi connectivity index (χ4v) is 3.38. The van der Waals surface area contributed by atoms with Gasteiger partial charge in [0.15, 0.2) is 0 Å². The van der Waals surface area contributed by atoms with Crippen LogP contribution in [0.3, 0.4) is 0 Å². The Morgan fingerprint density at radius 2 is 2.17 bits per heavy atom. The van der Waals surface area contributed by atoms with Gasteiger partial charge in [0.05, 0.1) is 17.4 Å². The van der Waals surface area contributed by atoms with Crippen LogP contribution in [0.4, 0.5) is 0 Å². The fraction of sp³-hybridized carbons (Fsp3) is 0.278. The molecule has 0 aliphatic rings. The van der Waals surface area contributed by atoms with Gasteiger partial charge in [-0.15, -0.1) is 11.3 Å². The minimum atomic E-state index is -0.137. The molecule has 0 saturated carbocycles. The summed E-state index contributed by atoms with van der Waals surface area (Å²) in [7, 11) is 0. The van der Waals surface area contributed by atoms with Gasteiger partial charge in [-0.25, -0.2) is 9.97 Å².